The van der Waals surface area contributed by atoms with Gasteiger partial charge in [-0.15, -0.1) is 0 Å². The van der Waals surface area contributed by atoms with Gasteiger partial charge in [-0.1, -0.05) is 40.9 Å². The Morgan fingerprint density at radius 1 is 0.974 bits per heavy atom. The summed E-state index contributed by atoms with van der Waals surface area (Å²) in [5.74, 6) is -1.40. The number of anilines is 1. The number of alkyl halides is 3. The maximum Gasteiger partial charge on any atom is 0.416 e. The van der Waals surface area contributed by atoms with Crippen molar-refractivity contribution >= 4 is 62.3 Å². The lowest BCUT2D eigenvalue weighted by atomic mass is 10.1. The zero-order chi connectivity index (χ0) is 29.2. The SMILES string of the molecule is C[C@@H](C(=O)NC(C)(C)C)N(Cc1ccc(Cl)c(Cl)c1)C(=O)CN(c1cc(C(F)(F)F)ccc1Cl)S(C)(=O)=O. The van der Waals surface area contributed by atoms with Crippen LogP contribution in [0.3, 0.4) is 0 Å². The largest absolute Gasteiger partial charge is 0.416 e. The van der Waals surface area contributed by atoms with E-state index in [0.29, 0.717) is 22.0 Å². The molecule has 0 aliphatic rings. The molecule has 38 heavy (non-hydrogen) atoms. The molecule has 1 atom stereocenters. The highest BCUT2D eigenvalue weighted by Gasteiger charge is 2.35. The number of benzene rings is 2. The van der Waals surface area contributed by atoms with Crippen molar-refractivity contribution in [1.82, 2.24) is 10.2 Å². The first-order valence-electron chi connectivity index (χ1n) is 11.1. The molecule has 0 aromatic heterocycles. The summed E-state index contributed by atoms with van der Waals surface area (Å²) in [5.41, 5.74) is -1.85. The van der Waals surface area contributed by atoms with E-state index in [9.17, 15) is 31.2 Å². The summed E-state index contributed by atoms with van der Waals surface area (Å²) in [6.45, 7) is 5.56. The second-order valence-electron chi connectivity index (χ2n) is 9.62. The third-order valence-electron chi connectivity index (χ3n) is 5.22. The van der Waals surface area contributed by atoms with Crippen LogP contribution in [0.4, 0.5) is 18.9 Å². The van der Waals surface area contributed by atoms with Crippen molar-refractivity contribution in [1.29, 1.82) is 0 Å². The van der Waals surface area contributed by atoms with E-state index in [-0.39, 0.29) is 21.6 Å². The number of carbonyl (C=O) groups is 2. The van der Waals surface area contributed by atoms with E-state index in [1.807, 2.05) is 0 Å². The lowest BCUT2D eigenvalue weighted by molar-refractivity contribution is -0.140. The summed E-state index contributed by atoms with van der Waals surface area (Å²) in [4.78, 5) is 27.6. The van der Waals surface area contributed by atoms with Gasteiger partial charge in [0.1, 0.15) is 12.6 Å². The Kier molecular flexibility index (Phi) is 10.0. The first-order chi connectivity index (χ1) is 17.2. The zero-order valence-electron chi connectivity index (χ0n) is 21.2. The molecule has 0 saturated carbocycles. The molecule has 2 aromatic rings. The molecule has 7 nitrogen and oxygen atoms in total. The van der Waals surface area contributed by atoms with Gasteiger partial charge in [0.2, 0.25) is 21.8 Å². The molecule has 0 heterocycles. The van der Waals surface area contributed by atoms with E-state index in [1.165, 1.54) is 19.1 Å². The van der Waals surface area contributed by atoms with Crippen LogP contribution in [-0.4, -0.2) is 49.5 Å². The van der Waals surface area contributed by atoms with Crippen molar-refractivity contribution in [3.8, 4) is 0 Å². The van der Waals surface area contributed by atoms with Crippen molar-refractivity contribution in [2.24, 2.45) is 0 Å². The highest BCUT2D eigenvalue weighted by molar-refractivity contribution is 7.92. The van der Waals surface area contributed by atoms with Crippen LogP contribution in [0, 0.1) is 0 Å². The molecule has 0 unspecified atom stereocenters. The van der Waals surface area contributed by atoms with E-state index >= 15 is 0 Å². The quantitative estimate of drug-likeness (QED) is 0.409. The molecule has 0 aliphatic heterocycles. The maximum atomic E-state index is 13.5. The minimum absolute atomic E-state index is 0.178. The van der Waals surface area contributed by atoms with Crippen molar-refractivity contribution < 1.29 is 31.2 Å². The minimum atomic E-state index is -4.79. The smallest absolute Gasteiger partial charge is 0.350 e. The second-order valence-corrected chi connectivity index (χ2v) is 12.7. The predicted molar refractivity (Wildman–Crippen MR) is 143 cm³/mol. The van der Waals surface area contributed by atoms with Crippen molar-refractivity contribution in [2.45, 2.75) is 52.0 Å². The number of rotatable bonds is 8. The topological polar surface area (TPSA) is 86.8 Å². The van der Waals surface area contributed by atoms with Crippen LogP contribution < -0.4 is 9.62 Å². The summed E-state index contributed by atoms with van der Waals surface area (Å²) in [5, 5.41) is 2.89. The molecule has 1 N–H and O–H groups in total. The number of amides is 2. The fourth-order valence-corrected chi connectivity index (χ4v) is 4.81. The molecule has 0 fully saturated rings. The van der Waals surface area contributed by atoms with Crippen molar-refractivity contribution in [3.05, 3.63) is 62.6 Å². The number of carbonyl (C=O) groups excluding carboxylic acids is 2. The Hall–Kier alpha value is -2.21. The number of halogens is 6. The summed E-state index contributed by atoms with van der Waals surface area (Å²) >= 11 is 18.1. The minimum Gasteiger partial charge on any atom is -0.350 e. The van der Waals surface area contributed by atoms with Crippen LogP contribution in [0.2, 0.25) is 15.1 Å². The van der Waals surface area contributed by atoms with Gasteiger partial charge in [-0.2, -0.15) is 13.2 Å². The van der Waals surface area contributed by atoms with Gasteiger partial charge in [0, 0.05) is 12.1 Å². The van der Waals surface area contributed by atoms with Gasteiger partial charge in [0.25, 0.3) is 0 Å². The Morgan fingerprint density at radius 2 is 1.55 bits per heavy atom. The Bertz CT molecular complexity index is 1320. The number of hydrogen-bond donors (Lipinski definition) is 1. The summed E-state index contributed by atoms with van der Waals surface area (Å²) in [6, 6.07) is 5.59. The van der Waals surface area contributed by atoms with Crippen LogP contribution in [0.25, 0.3) is 0 Å². The van der Waals surface area contributed by atoms with Gasteiger partial charge in [0.05, 0.1) is 32.6 Å². The lowest BCUT2D eigenvalue weighted by Crippen LogP contribution is -2.54. The molecule has 2 aromatic carbocycles. The van der Waals surface area contributed by atoms with Crippen LogP contribution >= 0.6 is 34.8 Å². The van der Waals surface area contributed by atoms with E-state index in [2.05, 4.69) is 5.32 Å². The van der Waals surface area contributed by atoms with E-state index in [0.717, 1.165) is 17.2 Å². The first-order valence-corrected chi connectivity index (χ1v) is 14.1. The molecular formula is C24H27Cl3F3N3O4S. The molecule has 0 bridgehead atoms. The highest BCUT2D eigenvalue weighted by Crippen LogP contribution is 2.36. The second kappa shape index (κ2) is 11.9. The molecule has 0 aliphatic carbocycles. The van der Waals surface area contributed by atoms with Gasteiger partial charge < -0.3 is 10.2 Å². The third kappa shape index (κ3) is 8.65. The van der Waals surface area contributed by atoms with Crippen molar-refractivity contribution in [2.75, 3.05) is 17.1 Å². The Morgan fingerprint density at radius 3 is 2.05 bits per heavy atom. The summed E-state index contributed by atoms with van der Waals surface area (Å²) < 4.78 is 65.8. The van der Waals surface area contributed by atoms with Crippen molar-refractivity contribution in [3.63, 3.8) is 0 Å². The number of sulfonamides is 1. The van der Waals surface area contributed by atoms with E-state index in [1.54, 1.807) is 26.8 Å². The highest BCUT2D eigenvalue weighted by atomic mass is 35.5. The first kappa shape index (κ1) is 32.0. The Balaban J connectivity index is 2.54. The molecule has 2 amide bonds. The average molecular weight is 617 g/mol. The van der Waals surface area contributed by atoms with E-state index < -0.39 is 57.4 Å². The van der Waals surface area contributed by atoms with Gasteiger partial charge in [-0.3, -0.25) is 13.9 Å². The molecular weight excluding hydrogens is 590 g/mol. The molecule has 0 saturated heterocycles. The van der Waals surface area contributed by atoms with Crippen LogP contribution in [0.15, 0.2) is 36.4 Å². The normalized spacial score (nSPS) is 13.1. The summed E-state index contributed by atoms with van der Waals surface area (Å²) in [6.07, 6.45) is -4.05. The predicted octanol–water partition coefficient (Wildman–Crippen LogP) is 5.76. The van der Waals surface area contributed by atoms with Gasteiger partial charge in [-0.05, 0) is 63.6 Å². The molecule has 14 heteroatoms. The van der Waals surface area contributed by atoms with Crippen LogP contribution in [0.1, 0.15) is 38.8 Å². The van der Waals surface area contributed by atoms with Crippen LogP contribution in [0.5, 0.6) is 0 Å². The Labute approximate surface area is 234 Å². The van der Waals surface area contributed by atoms with Gasteiger partial charge in [0.15, 0.2) is 0 Å². The molecule has 2 rings (SSSR count). The lowest BCUT2D eigenvalue weighted by Gasteiger charge is -2.33. The van der Waals surface area contributed by atoms with Crippen LogP contribution in [-0.2, 0) is 32.3 Å². The number of nitrogens with one attached hydrogen (secondary N) is 1. The number of hydrogen-bond acceptors (Lipinski definition) is 4. The maximum absolute atomic E-state index is 13.5. The van der Waals surface area contributed by atoms with E-state index in [4.69, 9.17) is 34.8 Å². The van der Waals surface area contributed by atoms with Gasteiger partial charge >= 0.3 is 6.18 Å². The molecule has 0 spiro atoms. The fraction of sp³-hybridized carbons (Fsp3) is 0.417. The monoisotopic (exact) mass is 615 g/mol. The average Bonchev–Trinajstić information content (AvgIpc) is 2.75. The molecule has 210 valence electrons. The number of nitrogens with zero attached hydrogens (tertiary/aromatic N) is 2. The van der Waals surface area contributed by atoms with Gasteiger partial charge in [-0.25, -0.2) is 8.42 Å². The third-order valence-corrected chi connectivity index (χ3v) is 7.41. The zero-order valence-corrected chi connectivity index (χ0v) is 24.2. The summed E-state index contributed by atoms with van der Waals surface area (Å²) in [7, 11) is -4.30. The standard InChI is InChI=1S/C24H27Cl3F3N3O4S/c1-14(22(35)31-23(2,3)4)32(12-15-6-8-17(25)19(27)10-15)21(34)13-33(38(5,36)37)20-11-16(24(28,29)30)7-9-18(20)26/h6-11,14H,12-13H2,1-5H3,(H,31,35)/t14-/m0/s1. The fourth-order valence-electron chi connectivity index (χ4n) is 3.37. The molecule has 0 radical (unpaired) electrons.